The maximum absolute atomic E-state index is 10.6. The number of carboxylic acids is 1. The average Bonchev–Trinajstić information content (AvgIpc) is 2.99. The Morgan fingerprint density at radius 2 is 2.25 bits per heavy atom. The first-order chi connectivity index (χ1) is 13.4. The zero-order valence-corrected chi connectivity index (χ0v) is 18.6. The zero-order valence-electron chi connectivity index (χ0n) is 17.0. The molecule has 0 fully saturated rings. The SMILES string of the molecule is CCCSC1=NC(NCCCCCC(=O)O)c2c(sc3c2CC(C)(C)OC3)N1. The molecule has 3 heterocycles. The van der Waals surface area contributed by atoms with E-state index in [-0.39, 0.29) is 18.2 Å². The van der Waals surface area contributed by atoms with Crippen LogP contribution in [0.25, 0.3) is 0 Å². The Hall–Kier alpha value is -1.09. The number of hydrogen-bond donors (Lipinski definition) is 3. The van der Waals surface area contributed by atoms with Gasteiger partial charge in [-0.05, 0) is 45.2 Å². The number of nitrogens with one attached hydrogen (secondary N) is 2. The van der Waals surface area contributed by atoms with Gasteiger partial charge in [0, 0.05) is 29.0 Å². The van der Waals surface area contributed by atoms with Crippen LogP contribution in [0, 0.1) is 0 Å². The van der Waals surface area contributed by atoms with E-state index in [9.17, 15) is 4.79 Å². The third kappa shape index (κ3) is 5.49. The molecule has 0 aromatic carbocycles. The Balaban J connectivity index is 1.71. The smallest absolute Gasteiger partial charge is 0.303 e. The minimum absolute atomic E-state index is 0.0380. The molecule has 0 radical (unpaired) electrons. The Bertz CT molecular complexity index is 731. The molecule has 1 aromatic rings. The first-order valence-electron chi connectivity index (χ1n) is 10.1. The Morgan fingerprint density at radius 3 is 3.00 bits per heavy atom. The number of rotatable bonds is 9. The van der Waals surface area contributed by atoms with Gasteiger partial charge >= 0.3 is 5.97 Å². The summed E-state index contributed by atoms with van der Waals surface area (Å²) in [5.74, 6) is 0.331. The van der Waals surface area contributed by atoms with Crippen molar-refractivity contribution in [1.82, 2.24) is 5.32 Å². The summed E-state index contributed by atoms with van der Waals surface area (Å²) in [5, 5.41) is 18.1. The molecular weight excluding hydrogens is 394 g/mol. The molecule has 2 aliphatic rings. The van der Waals surface area contributed by atoms with Gasteiger partial charge in [0.25, 0.3) is 0 Å². The molecule has 0 amide bonds. The Morgan fingerprint density at radius 1 is 1.43 bits per heavy atom. The van der Waals surface area contributed by atoms with Crippen molar-refractivity contribution in [2.45, 2.75) is 77.7 Å². The fraction of sp³-hybridized carbons (Fsp3) is 0.700. The quantitative estimate of drug-likeness (QED) is 0.495. The summed E-state index contributed by atoms with van der Waals surface area (Å²) < 4.78 is 6.01. The molecule has 1 aromatic heterocycles. The third-order valence-corrected chi connectivity index (χ3v) is 7.15. The number of amidine groups is 1. The van der Waals surface area contributed by atoms with Crippen LogP contribution in [0.3, 0.4) is 0 Å². The molecule has 0 saturated carbocycles. The fourth-order valence-corrected chi connectivity index (χ4v) is 5.48. The number of unbranched alkanes of at least 4 members (excludes halogenated alkanes) is 2. The topological polar surface area (TPSA) is 83.0 Å². The third-order valence-electron chi connectivity index (χ3n) is 4.92. The lowest BCUT2D eigenvalue weighted by molar-refractivity contribution is -0.137. The summed E-state index contributed by atoms with van der Waals surface area (Å²) in [6.07, 6.45) is 4.84. The molecule has 8 heteroatoms. The highest BCUT2D eigenvalue weighted by Crippen LogP contribution is 2.45. The standard InChI is InChI=1S/C20H31N3O3S2/c1-4-10-27-19-22-17(21-9-7-5-6-8-15(24)25)16-13-11-20(2,3)26-12-14(13)28-18(16)23-19/h17,21H,4-12H2,1-3H3,(H,22,23)(H,24,25). The number of ether oxygens (including phenoxy) is 1. The van der Waals surface area contributed by atoms with E-state index in [4.69, 9.17) is 14.8 Å². The maximum Gasteiger partial charge on any atom is 0.303 e. The van der Waals surface area contributed by atoms with Crippen LogP contribution in [0.4, 0.5) is 5.00 Å². The van der Waals surface area contributed by atoms with Gasteiger partial charge in [-0.15, -0.1) is 11.3 Å². The van der Waals surface area contributed by atoms with Gasteiger partial charge < -0.3 is 15.2 Å². The van der Waals surface area contributed by atoms with E-state index in [1.165, 1.54) is 21.0 Å². The number of aliphatic imine (C=N–C) groups is 1. The summed E-state index contributed by atoms with van der Waals surface area (Å²) >= 11 is 3.56. The molecule has 6 nitrogen and oxygen atoms in total. The number of aliphatic carboxylic acids is 1. The van der Waals surface area contributed by atoms with E-state index in [0.29, 0.717) is 6.61 Å². The van der Waals surface area contributed by atoms with Gasteiger partial charge in [-0.25, -0.2) is 4.99 Å². The molecule has 3 rings (SSSR count). The highest BCUT2D eigenvalue weighted by atomic mass is 32.2. The van der Waals surface area contributed by atoms with Crippen molar-refractivity contribution in [2.75, 3.05) is 17.6 Å². The molecule has 1 atom stereocenters. The second-order valence-electron chi connectivity index (χ2n) is 7.94. The lowest BCUT2D eigenvalue weighted by Crippen LogP contribution is -2.33. The molecule has 28 heavy (non-hydrogen) atoms. The summed E-state index contributed by atoms with van der Waals surface area (Å²) in [7, 11) is 0. The van der Waals surface area contributed by atoms with E-state index in [1.807, 2.05) is 0 Å². The van der Waals surface area contributed by atoms with Crippen LogP contribution >= 0.6 is 23.1 Å². The normalized spacial score (nSPS) is 20.1. The molecule has 2 aliphatic heterocycles. The number of nitrogens with zero attached hydrogens (tertiary/aromatic N) is 1. The summed E-state index contributed by atoms with van der Waals surface area (Å²) in [4.78, 5) is 16.9. The number of thioether (sulfide) groups is 1. The van der Waals surface area contributed by atoms with Crippen LogP contribution < -0.4 is 10.6 Å². The van der Waals surface area contributed by atoms with Crippen LogP contribution in [0.15, 0.2) is 4.99 Å². The van der Waals surface area contributed by atoms with Crippen LogP contribution in [0.5, 0.6) is 0 Å². The molecule has 1 unspecified atom stereocenters. The van der Waals surface area contributed by atoms with E-state index < -0.39 is 5.97 Å². The molecule has 0 spiro atoms. The van der Waals surface area contributed by atoms with Gasteiger partial charge in [0.05, 0.1) is 12.2 Å². The Labute approximate surface area is 175 Å². The van der Waals surface area contributed by atoms with E-state index >= 15 is 0 Å². The van der Waals surface area contributed by atoms with Crippen LogP contribution in [0.2, 0.25) is 0 Å². The molecule has 0 bridgehead atoms. The van der Waals surface area contributed by atoms with E-state index in [1.54, 1.807) is 23.1 Å². The zero-order chi connectivity index (χ0) is 20.1. The predicted octanol–water partition coefficient (Wildman–Crippen LogP) is 4.76. The van der Waals surface area contributed by atoms with Gasteiger partial charge in [0.15, 0.2) is 5.17 Å². The van der Waals surface area contributed by atoms with Crippen LogP contribution in [0.1, 0.15) is 75.0 Å². The summed E-state index contributed by atoms with van der Waals surface area (Å²) in [5.41, 5.74) is 2.52. The fourth-order valence-electron chi connectivity index (χ4n) is 3.50. The molecular formula is C20H31N3O3S2. The number of hydrogen-bond acceptors (Lipinski definition) is 7. The number of fused-ring (bicyclic) bond motifs is 3. The second kappa shape index (κ2) is 9.61. The number of carboxylic acid groups (broad SMARTS) is 1. The summed E-state index contributed by atoms with van der Waals surface area (Å²) in [6.45, 7) is 7.97. The lowest BCUT2D eigenvalue weighted by Gasteiger charge is -2.32. The van der Waals surface area contributed by atoms with Crippen molar-refractivity contribution in [3.05, 3.63) is 16.0 Å². The van der Waals surface area contributed by atoms with Crippen molar-refractivity contribution in [3.63, 3.8) is 0 Å². The minimum atomic E-state index is -0.715. The first kappa shape index (κ1) is 21.6. The maximum atomic E-state index is 10.6. The van der Waals surface area contributed by atoms with Crippen molar-refractivity contribution in [1.29, 1.82) is 0 Å². The summed E-state index contributed by atoms with van der Waals surface area (Å²) in [6, 6.07) is 0. The van der Waals surface area contributed by atoms with Gasteiger partial charge in [0.1, 0.15) is 11.2 Å². The van der Waals surface area contributed by atoms with Gasteiger partial charge in [-0.1, -0.05) is 25.1 Å². The molecule has 0 saturated heterocycles. The van der Waals surface area contributed by atoms with E-state index in [0.717, 1.165) is 49.6 Å². The Kier molecular flexibility index (Phi) is 7.42. The average molecular weight is 426 g/mol. The minimum Gasteiger partial charge on any atom is -0.481 e. The van der Waals surface area contributed by atoms with Gasteiger partial charge in [0.2, 0.25) is 0 Å². The molecule has 156 valence electrons. The van der Waals surface area contributed by atoms with E-state index in [2.05, 4.69) is 31.4 Å². The highest BCUT2D eigenvalue weighted by Gasteiger charge is 2.35. The van der Waals surface area contributed by atoms with Crippen molar-refractivity contribution in [3.8, 4) is 0 Å². The largest absolute Gasteiger partial charge is 0.481 e. The predicted molar refractivity (Wildman–Crippen MR) is 118 cm³/mol. The number of anilines is 1. The van der Waals surface area contributed by atoms with Gasteiger partial charge in [-0.2, -0.15) is 0 Å². The molecule has 0 aliphatic carbocycles. The molecule has 3 N–H and O–H groups in total. The van der Waals surface area contributed by atoms with Gasteiger partial charge in [-0.3, -0.25) is 10.1 Å². The number of thiophene rings is 1. The van der Waals surface area contributed by atoms with Crippen molar-refractivity contribution >= 4 is 39.2 Å². The second-order valence-corrected chi connectivity index (χ2v) is 10.1. The highest BCUT2D eigenvalue weighted by molar-refractivity contribution is 8.14. The van der Waals surface area contributed by atoms with Crippen molar-refractivity contribution < 1.29 is 14.6 Å². The first-order valence-corrected chi connectivity index (χ1v) is 11.9. The monoisotopic (exact) mass is 425 g/mol. The van der Waals surface area contributed by atoms with Crippen molar-refractivity contribution in [2.24, 2.45) is 4.99 Å². The van der Waals surface area contributed by atoms with Crippen LogP contribution in [-0.4, -0.2) is 34.1 Å². The number of carbonyl (C=O) groups is 1. The van der Waals surface area contributed by atoms with Crippen LogP contribution in [-0.2, 0) is 22.6 Å². The lowest BCUT2D eigenvalue weighted by atomic mass is 9.92.